The van der Waals surface area contributed by atoms with Gasteiger partial charge in [0.15, 0.2) is 0 Å². The van der Waals surface area contributed by atoms with E-state index in [0.29, 0.717) is 12.1 Å². The smallest absolute Gasteiger partial charge is 0.352 e. The van der Waals surface area contributed by atoms with Crippen molar-refractivity contribution in [1.82, 2.24) is 5.32 Å². The second-order valence-corrected chi connectivity index (χ2v) is 7.24. The van der Waals surface area contributed by atoms with Crippen LogP contribution in [0.25, 0.3) is 0 Å². The highest BCUT2D eigenvalue weighted by Gasteiger charge is 2.37. The summed E-state index contributed by atoms with van der Waals surface area (Å²) in [6, 6.07) is 1.35. The van der Waals surface area contributed by atoms with Crippen LogP contribution in [0.3, 0.4) is 0 Å². The molecule has 1 aromatic rings. The fourth-order valence-electron chi connectivity index (χ4n) is 3.35. The topological polar surface area (TPSA) is 29.1 Å². The predicted octanol–water partition coefficient (Wildman–Crippen LogP) is 5.70. The fourth-order valence-corrected chi connectivity index (χ4v) is 3.35. The molecule has 1 N–H and O–H groups in total. The molecule has 0 radical (unpaired) electrons. The highest BCUT2D eigenvalue weighted by atomic mass is 19.4. The zero-order valence-corrected chi connectivity index (χ0v) is 14.4. The largest absolute Gasteiger partial charge is 0.416 e. The Kier molecular flexibility index (Phi) is 5.92. The molecule has 0 unspecified atom stereocenters. The van der Waals surface area contributed by atoms with Crippen molar-refractivity contribution >= 4 is 5.91 Å². The van der Waals surface area contributed by atoms with Gasteiger partial charge in [-0.15, -0.1) is 0 Å². The lowest BCUT2D eigenvalue weighted by molar-refractivity contribution is -0.143. The first-order valence-corrected chi connectivity index (χ1v) is 8.44. The monoisotopic (exact) mass is 381 g/mol. The number of rotatable bonds is 4. The quantitative estimate of drug-likeness (QED) is 0.666. The van der Waals surface area contributed by atoms with Gasteiger partial charge in [-0.3, -0.25) is 4.79 Å². The minimum Gasteiger partial charge on any atom is -0.352 e. The van der Waals surface area contributed by atoms with Gasteiger partial charge >= 0.3 is 12.4 Å². The Hall–Kier alpha value is -1.73. The third kappa shape index (κ3) is 5.64. The summed E-state index contributed by atoms with van der Waals surface area (Å²) in [6.45, 7) is 1.61. The molecule has 1 amide bonds. The normalized spacial score (nSPS) is 17.8. The van der Waals surface area contributed by atoms with Crippen LogP contribution in [0, 0.1) is 5.41 Å². The average molecular weight is 381 g/mol. The molecule has 0 saturated heterocycles. The van der Waals surface area contributed by atoms with E-state index in [1.807, 2.05) is 6.92 Å². The maximum Gasteiger partial charge on any atom is 0.416 e. The molecule has 0 aromatic heterocycles. The Morgan fingerprint density at radius 3 is 1.92 bits per heavy atom. The lowest BCUT2D eigenvalue weighted by Crippen LogP contribution is -2.31. The maximum atomic E-state index is 12.8. The third-order valence-electron chi connectivity index (χ3n) is 4.79. The first-order chi connectivity index (χ1) is 11.9. The molecule has 0 atom stereocenters. The van der Waals surface area contributed by atoms with Gasteiger partial charge in [-0.05, 0) is 42.0 Å². The number of alkyl halides is 6. The first-order valence-electron chi connectivity index (χ1n) is 8.44. The number of halogens is 6. The molecule has 1 aromatic carbocycles. The van der Waals surface area contributed by atoms with Gasteiger partial charge in [-0.25, -0.2) is 0 Å². The summed E-state index contributed by atoms with van der Waals surface area (Å²) < 4.78 is 77.0. The van der Waals surface area contributed by atoms with Gasteiger partial charge in [-0.1, -0.05) is 26.2 Å². The van der Waals surface area contributed by atoms with Crippen molar-refractivity contribution in [3.63, 3.8) is 0 Å². The standard InChI is InChI=1S/C18H21F6NO/c1-16(5-3-2-4-6-16)10-15(26)25-11-12-7-13(17(19,20)21)9-14(8-12)18(22,23)24/h7-9H,2-6,10-11H2,1H3,(H,25,26). The number of hydrogen-bond acceptors (Lipinski definition) is 1. The van der Waals surface area contributed by atoms with Gasteiger partial charge in [0, 0.05) is 13.0 Å². The van der Waals surface area contributed by atoms with Gasteiger partial charge < -0.3 is 5.32 Å². The molecule has 8 heteroatoms. The molecule has 2 rings (SSSR count). The van der Waals surface area contributed by atoms with Crippen LogP contribution in [-0.4, -0.2) is 5.91 Å². The van der Waals surface area contributed by atoms with Crippen LogP contribution in [0.4, 0.5) is 26.3 Å². The van der Waals surface area contributed by atoms with E-state index in [1.54, 1.807) is 0 Å². The Morgan fingerprint density at radius 2 is 1.46 bits per heavy atom. The first kappa shape index (κ1) is 20.6. The van der Waals surface area contributed by atoms with Crippen LogP contribution < -0.4 is 5.32 Å². The van der Waals surface area contributed by atoms with Crippen LogP contribution in [0.2, 0.25) is 0 Å². The predicted molar refractivity (Wildman–Crippen MR) is 84.1 cm³/mol. The number of benzene rings is 1. The zero-order valence-electron chi connectivity index (χ0n) is 14.4. The van der Waals surface area contributed by atoms with Crippen molar-refractivity contribution in [2.45, 2.75) is 64.3 Å². The van der Waals surface area contributed by atoms with Crippen LogP contribution >= 0.6 is 0 Å². The van der Waals surface area contributed by atoms with E-state index in [4.69, 9.17) is 0 Å². The number of hydrogen-bond donors (Lipinski definition) is 1. The van der Waals surface area contributed by atoms with Gasteiger partial charge in [0.25, 0.3) is 0 Å². The highest BCUT2D eigenvalue weighted by Crippen LogP contribution is 2.39. The van der Waals surface area contributed by atoms with Crippen molar-refractivity contribution in [2.75, 3.05) is 0 Å². The molecule has 0 aliphatic heterocycles. The summed E-state index contributed by atoms with van der Waals surface area (Å²) in [5.74, 6) is -0.361. The SMILES string of the molecule is CC1(CC(=O)NCc2cc(C(F)(F)F)cc(C(F)(F)F)c2)CCCCC1. The van der Waals surface area contributed by atoms with Crippen molar-refractivity contribution < 1.29 is 31.1 Å². The summed E-state index contributed by atoms with van der Waals surface area (Å²) in [5, 5.41) is 2.46. The van der Waals surface area contributed by atoms with Gasteiger partial charge in [0.1, 0.15) is 0 Å². The maximum absolute atomic E-state index is 12.8. The van der Waals surface area contributed by atoms with E-state index in [-0.39, 0.29) is 35.9 Å². The molecule has 1 aliphatic rings. The van der Waals surface area contributed by atoms with Gasteiger partial charge in [-0.2, -0.15) is 26.3 Å². The number of carbonyl (C=O) groups is 1. The molecule has 2 nitrogen and oxygen atoms in total. The number of carbonyl (C=O) groups excluding carboxylic acids is 1. The zero-order chi connectivity index (χ0) is 19.6. The molecule has 146 valence electrons. The summed E-state index contributed by atoms with van der Waals surface area (Å²) in [4.78, 5) is 12.1. The van der Waals surface area contributed by atoms with Crippen molar-refractivity contribution in [1.29, 1.82) is 0 Å². The lowest BCUT2D eigenvalue weighted by atomic mass is 9.73. The molecule has 0 heterocycles. The van der Waals surface area contributed by atoms with E-state index < -0.39 is 23.5 Å². The van der Waals surface area contributed by atoms with E-state index >= 15 is 0 Å². The minimum absolute atomic E-state index is 0.0778. The summed E-state index contributed by atoms with van der Waals surface area (Å²) in [5.41, 5.74) is -3.14. The van der Waals surface area contributed by atoms with Crippen LogP contribution in [-0.2, 0) is 23.7 Å². The number of nitrogens with one attached hydrogen (secondary N) is 1. The van der Waals surface area contributed by atoms with Crippen molar-refractivity contribution in [2.24, 2.45) is 5.41 Å². The fraction of sp³-hybridized carbons (Fsp3) is 0.611. The minimum atomic E-state index is -4.89. The summed E-state index contributed by atoms with van der Waals surface area (Å²) >= 11 is 0. The van der Waals surface area contributed by atoms with Crippen LogP contribution in [0.1, 0.15) is 62.1 Å². The van der Waals surface area contributed by atoms with Crippen LogP contribution in [0.5, 0.6) is 0 Å². The summed E-state index contributed by atoms with van der Waals surface area (Å²) in [7, 11) is 0. The van der Waals surface area contributed by atoms with E-state index in [0.717, 1.165) is 32.1 Å². The Morgan fingerprint density at radius 1 is 0.962 bits per heavy atom. The Bertz CT molecular complexity index is 612. The highest BCUT2D eigenvalue weighted by molar-refractivity contribution is 5.76. The third-order valence-corrected chi connectivity index (χ3v) is 4.79. The lowest BCUT2D eigenvalue weighted by Gasteiger charge is -2.32. The molecular weight excluding hydrogens is 360 g/mol. The molecule has 1 saturated carbocycles. The van der Waals surface area contributed by atoms with Gasteiger partial charge in [0.05, 0.1) is 11.1 Å². The second-order valence-electron chi connectivity index (χ2n) is 7.24. The average Bonchev–Trinajstić information content (AvgIpc) is 2.51. The molecule has 26 heavy (non-hydrogen) atoms. The molecular formula is C18H21F6NO. The van der Waals surface area contributed by atoms with Gasteiger partial charge in [0.2, 0.25) is 5.91 Å². The summed E-state index contributed by atoms with van der Waals surface area (Å²) in [6.07, 6.45) is -4.63. The van der Waals surface area contributed by atoms with E-state index in [1.165, 1.54) is 0 Å². The number of amides is 1. The van der Waals surface area contributed by atoms with Crippen LogP contribution in [0.15, 0.2) is 18.2 Å². The Labute approximate surface area is 148 Å². The van der Waals surface area contributed by atoms with Crippen molar-refractivity contribution in [3.05, 3.63) is 34.9 Å². The molecule has 0 spiro atoms. The van der Waals surface area contributed by atoms with E-state index in [9.17, 15) is 31.1 Å². The van der Waals surface area contributed by atoms with Crippen molar-refractivity contribution in [3.8, 4) is 0 Å². The second kappa shape index (κ2) is 7.48. The molecule has 1 fully saturated rings. The molecule has 1 aliphatic carbocycles. The molecule has 0 bridgehead atoms. The van der Waals surface area contributed by atoms with E-state index in [2.05, 4.69) is 5.32 Å². The Balaban J connectivity index is 2.09.